The molecule has 2 aromatic heterocycles. The van der Waals surface area contributed by atoms with Gasteiger partial charge in [0.15, 0.2) is 5.11 Å². The largest absolute Gasteiger partial charge is 0.433 e. The zero-order chi connectivity index (χ0) is 15.6. The van der Waals surface area contributed by atoms with Crippen molar-refractivity contribution in [1.29, 1.82) is 0 Å². The molecule has 0 radical (unpaired) electrons. The minimum atomic E-state index is -4.43. The van der Waals surface area contributed by atoms with E-state index in [0.29, 0.717) is 4.88 Å². The Bertz CT molecular complexity index is 686. The van der Waals surface area contributed by atoms with E-state index in [0.717, 1.165) is 15.6 Å². The van der Waals surface area contributed by atoms with Crippen LogP contribution in [0.5, 0.6) is 0 Å². The van der Waals surface area contributed by atoms with Gasteiger partial charge in [0.2, 0.25) is 0 Å². The van der Waals surface area contributed by atoms with E-state index in [9.17, 15) is 13.2 Å². The molecule has 0 amide bonds. The van der Waals surface area contributed by atoms with Gasteiger partial charge in [0.05, 0.1) is 11.1 Å². The van der Waals surface area contributed by atoms with Gasteiger partial charge in [-0.1, -0.05) is 0 Å². The lowest BCUT2D eigenvalue weighted by Gasteiger charge is -2.04. The molecule has 0 saturated heterocycles. The van der Waals surface area contributed by atoms with Crippen molar-refractivity contribution in [1.82, 2.24) is 15.2 Å². The number of aryl methyl sites for hydroxylation is 1. The van der Waals surface area contributed by atoms with Crippen molar-refractivity contribution in [3.05, 3.63) is 28.8 Å². The molecule has 0 saturated carbocycles. The molecule has 0 spiro atoms. The molecule has 2 aromatic rings. The van der Waals surface area contributed by atoms with Crippen LogP contribution in [0.1, 0.15) is 10.6 Å². The lowest BCUT2D eigenvalue weighted by molar-refractivity contribution is -0.143. The third-order valence-corrected chi connectivity index (χ3v) is 3.55. The zero-order valence-corrected chi connectivity index (χ0v) is 12.3. The summed E-state index contributed by atoms with van der Waals surface area (Å²) in [6, 6.07) is 4.40. The van der Waals surface area contributed by atoms with Crippen LogP contribution >= 0.6 is 23.6 Å². The smallest absolute Gasteiger partial charge is 0.375 e. The molecule has 0 aliphatic heterocycles. The minimum Gasteiger partial charge on any atom is -0.375 e. The van der Waals surface area contributed by atoms with Gasteiger partial charge in [-0.25, -0.2) is 0 Å². The van der Waals surface area contributed by atoms with E-state index in [2.05, 4.69) is 27.8 Å². The number of alkyl halides is 3. The van der Waals surface area contributed by atoms with Crippen molar-refractivity contribution in [3.63, 3.8) is 0 Å². The maximum absolute atomic E-state index is 12.7. The summed E-state index contributed by atoms with van der Waals surface area (Å²) in [5, 5.41) is 7.68. The molecule has 112 valence electrons. The van der Waals surface area contributed by atoms with Gasteiger partial charge in [0, 0.05) is 11.9 Å². The number of nitrogens with zero attached hydrogens (tertiary/aromatic N) is 3. The summed E-state index contributed by atoms with van der Waals surface area (Å²) in [5.41, 5.74) is 7.06. The lowest BCUT2D eigenvalue weighted by Crippen LogP contribution is -2.23. The number of nitrogens with one attached hydrogen (secondary N) is 1. The normalized spacial score (nSPS) is 12.0. The molecular weight excluding hydrogens is 323 g/mol. The highest BCUT2D eigenvalue weighted by Crippen LogP contribution is 2.33. The molecule has 0 bridgehead atoms. The number of aromatic nitrogens is 2. The zero-order valence-electron chi connectivity index (χ0n) is 10.7. The number of halogens is 3. The highest BCUT2D eigenvalue weighted by Gasteiger charge is 2.35. The van der Waals surface area contributed by atoms with Crippen LogP contribution in [0, 0.1) is 0 Å². The number of thiocarbonyl (C=S) groups is 1. The monoisotopic (exact) mass is 333 g/mol. The molecule has 0 aliphatic carbocycles. The molecule has 3 N–H and O–H groups in total. The molecule has 0 atom stereocenters. The topological polar surface area (TPSA) is 68.2 Å². The first-order chi connectivity index (χ1) is 9.77. The number of hydrazone groups is 1. The Labute approximate surface area is 127 Å². The van der Waals surface area contributed by atoms with Gasteiger partial charge in [-0.15, -0.1) is 11.3 Å². The van der Waals surface area contributed by atoms with Crippen molar-refractivity contribution in [2.24, 2.45) is 17.9 Å². The number of hydrogen-bond acceptors (Lipinski definition) is 4. The van der Waals surface area contributed by atoms with Crippen LogP contribution in [0.4, 0.5) is 13.2 Å². The maximum Gasteiger partial charge on any atom is 0.433 e. The Morgan fingerprint density at radius 1 is 1.52 bits per heavy atom. The molecule has 0 aliphatic rings. The van der Waals surface area contributed by atoms with Gasteiger partial charge in [0.25, 0.3) is 0 Å². The lowest BCUT2D eigenvalue weighted by atomic mass is 10.3. The van der Waals surface area contributed by atoms with Crippen molar-refractivity contribution < 1.29 is 13.2 Å². The Kier molecular flexibility index (Phi) is 4.28. The molecular formula is C11H10F3N5S2. The van der Waals surface area contributed by atoms with Crippen LogP contribution < -0.4 is 11.2 Å². The average molecular weight is 333 g/mol. The van der Waals surface area contributed by atoms with Gasteiger partial charge in [-0.2, -0.15) is 23.4 Å². The van der Waals surface area contributed by atoms with Crippen LogP contribution in [0.2, 0.25) is 0 Å². The van der Waals surface area contributed by atoms with Crippen molar-refractivity contribution >= 4 is 34.9 Å². The van der Waals surface area contributed by atoms with Crippen LogP contribution in [-0.4, -0.2) is 21.1 Å². The van der Waals surface area contributed by atoms with Gasteiger partial charge in [-0.05, 0) is 30.4 Å². The van der Waals surface area contributed by atoms with Crippen LogP contribution in [0.3, 0.4) is 0 Å². The first-order valence-corrected chi connectivity index (χ1v) is 6.80. The van der Waals surface area contributed by atoms with Gasteiger partial charge in [-0.3, -0.25) is 10.1 Å². The standard InChI is InChI=1S/C11H10F3N5S2/c1-19-9(11(12,13)14)4-7(18-19)8-3-2-6(21-8)5-16-17-10(15)20/h2-5H,1H3,(H3,15,17,20)/b16-5+. The highest BCUT2D eigenvalue weighted by atomic mass is 32.1. The van der Waals surface area contributed by atoms with Crippen LogP contribution in [-0.2, 0) is 13.2 Å². The second-order valence-electron chi connectivity index (χ2n) is 3.97. The second-order valence-corrected chi connectivity index (χ2v) is 5.53. The van der Waals surface area contributed by atoms with E-state index >= 15 is 0 Å². The van der Waals surface area contributed by atoms with Crippen molar-refractivity contribution in [3.8, 4) is 10.6 Å². The summed E-state index contributed by atoms with van der Waals surface area (Å²) < 4.78 is 39.0. The van der Waals surface area contributed by atoms with Gasteiger partial charge in [0.1, 0.15) is 11.4 Å². The summed E-state index contributed by atoms with van der Waals surface area (Å²) in [6.07, 6.45) is -2.96. The van der Waals surface area contributed by atoms with E-state index in [4.69, 9.17) is 5.73 Å². The number of hydrogen-bond donors (Lipinski definition) is 2. The average Bonchev–Trinajstić information content (AvgIpc) is 2.94. The van der Waals surface area contributed by atoms with E-state index in [1.165, 1.54) is 24.6 Å². The van der Waals surface area contributed by atoms with E-state index < -0.39 is 11.9 Å². The molecule has 10 heteroatoms. The van der Waals surface area contributed by atoms with Crippen LogP contribution in [0.25, 0.3) is 10.6 Å². The Hall–Kier alpha value is -1.94. The summed E-state index contributed by atoms with van der Waals surface area (Å²) in [5.74, 6) is 0. The second kappa shape index (κ2) is 5.82. The third-order valence-electron chi connectivity index (χ3n) is 2.42. The first-order valence-electron chi connectivity index (χ1n) is 5.57. The fraction of sp³-hybridized carbons (Fsp3) is 0.182. The first kappa shape index (κ1) is 15.4. The van der Waals surface area contributed by atoms with Crippen molar-refractivity contribution in [2.45, 2.75) is 6.18 Å². The molecule has 2 heterocycles. The predicted octanol–water partition coefficient (Wildman–Crippen LogP) is 2.33. The summed E-state index contributed by atoms with van der Waals surface area (Å²) in [4.78, 5) is 1.34. The fourth-order valence-electron chi connectivity index (χ4n) is 1.57. The Morgan fingerprint density at radius 3 is 2.81 bits per heavy atom. The molecule has 0 aromatic carbocycles. The van der Waals surface area contributed by atoms with E-state index in [1.807, 2.05) is 0 Å². The summed E-state index contributed by atoms with van der Waals surface area (Å²) in [6.45, 7) is 0. The fourth-order valence-corrected chi connectivity index (χ4v) is 2.46. The van der Waals surface area contributed by atoms with Gasteiger partial charge < -0.3 is 5.73 Å². The van der Waals surface area contributed by atoms with Gasteiger partial charge >= 0.3 is 6.18 Å². The molecule has 0 unspecified atom stereocenters. The van der Waals surface area contributed by atoms with Crippen molar-refractivity contribution in [2.75, 3.05) is 0 Å². The molecule has 5 nitrogen and oxygen atoms in total. The van der Waals surface area contributed by atoms with E-state index in [1.54, 1.807) is 12.1 Å². The molecule has 0 fully saturated rings. The van der Waals surface area contributed by atoms with Crippen LogP contribution in [0.15, 0.2) is 23.3 Å². The molecule has 2 rings (SSSR count). The number of thiophene rings is 1. The minimum absolute atomic E-state index is 0.0302. The van der Waals surface area contributed by atoms with E-state index in [-0.39, 0.29) is 10.8 Å². The quantitative estimate of drug-likeness (QED) is 0.514. The SMILES string of the molecule is Cn1nc(-c2ccc(/C=N/NC(N)=S)s2)cc1C(F)(F)F. The maximum atomic E-state index is 12.7. The predicted molar refractivity (Wildman–Crippen MR) is 79.0 cm³/mol. The third kappa shape index (κ3) is 3.79. The summed E-state index contributed by atoms with van der Waals surface area (Å²) in [7, 11) is 1.26. The highest BCUT2D eigenvalue weighted by molar-refractivity contribution is 7.80. The number of nitrogens with two attached hydrogens (primary N) is 1. The Balaban J connectivity index is 2.22. The summed E-state index contributed by atoms with van der Waals surface area (Å²) >= 11 is 5.84. The molecule has 21 heavy (non-hydrogen) atoms. The Morgan fingerprint density at radius 2 is 2.24 bits per heavy atom. The number of rotatable bonds is 3.